The molecule has 5 nitrogen and oxygen atoms in total. The van der Waals surface area contributed by atoms with E-state index in [4.69, 9.17) is 0 Å². The van der Waals surface area contributed by atoms with E-state index in [1.165, 1.54) is 0 Å². The molecule has 0 atom stereocenters. The summed E-state index contributed by atoms with van der Waals surface area (Å²) in [7, 11) is 0. The van der Waals surface area contributed by atoms with Crippen molar-refractivity contribution in [2.45, 2.75) is 41.5 Å². The molecule has 0 aromatic carbocycles. The van der Waals surface area contributed by atoms with Crippen molar-refractivity contribution in [1.29, 1.82) is 0 Å². The lowest BCUT2D eigenvalue weighted by Gasteiger charge is -2.60. The van der Waals surface area contributed by atoms with Crippen molar-refractivity contribution in [1.82, 2.24) is 9.80 Å². The van der Waals surface area contributed by atoms with E-state index in [0.29, 0.717) is 26.2 Å². The SMILES string of the molecule is CC(=O)N1CC2(C(C)C)CN(C(C)=O)CC(C(C)C)(C1)C2=O. The maximum atomic E-state index is 13.4. The number of hydrogen-bond donors (Lipinski definition) is 0. The van der Waals surface area contributed by atoms with E-state index in [0.717, 1.165) is 0 Å². The van der Waals surface area contributed by atoms with Crippen LogP contribution in [0.25, 0.3) is 0 Å². The highest BCUT2D eigenvalue weighted by molar-refractivity contribution is 5.96. The van der Waals surface area contributed by atoms with Gasteiger partial charge in [-0.15, -0.1) is 0 Å². The maximum absolute atomic E-state index is 13.4. The van der Waals surface area contributed by atoms with Gasteiger partial charge in [-0.05, 0) is 11.8 Å². The molecule has 2 heterocycles. The number of fused-ring (bicyclic) bond motifs is 2. The number of rotatable bonds is 2. The minimum atomic E-state index is -0.641. The molecule has 0 spiro atoms. The van der Waals surface area contributed by atoms with Crippen LogP contribution in [0, 0.1) is 22.7 Å². The summed E-state index contributed by atoms with van der Waals surface area (Å²) in [5.74, 6) is 0.447. The van der Waals surface area contributed by atoms with Crippen molar-refractivity contribution in [3.8, 4) is 0 Å². The van der Waals surface area contributed by atoms with Crippen LogP contribution in [0.3, 0.4) is 0 Å². The number of nitrogens with zero attached hydrogens (tertiary/aromatic N) is 2. The van der Waals surface area contributed by atoms with E-state index in [-0.39, 0.29) is 29.4 Å². The van der Waals surface area contributed by atoms with Gasteiger partial charge in [-0.25, -0.2) is 0 Å². The van der Waals surface area contributed by atoms with Crippen molar-refractivity contribution < 1.29 is 14.4 Å². The molecule has 0 aliphatic carbocycles. The third-order valence-electron chi connectivity index (χ3n) is 5.90. The molecule has 0 saturated carbocycles. The minimum Gasteiger partial charge on any atom is -0.341 e. The molecule has 2 saturated heterocycles. The fourth-order valence-electron chi connectivity index (χ4n) is 4.06. The van der Waals surface area contributed by atoms with Crippen LogP contribution >= 0.6 is 0 Å². The maximum Gasteiger partial charge on any atom is 0.219 e. The molecule has 124 valence electrons. The fraction of sp³-hybridized carbons (Fsp3) is 0.824. The third-order valence-corrected chi connectivity index (χ3v) is 5.90. The molecule has 0 N–H and O–H groups in total. The van der Waals surface area contributed by atoms with Crippen molar-refractivity contribution in [2.75, 3.05) is 26.2 Å². The lowest BCUT2D eigenvalue weighted by molar-refractivity contribution is -0.177. The first kappa shape index (κ1) is 17.0. The summed E-state index contributed by atoms with van der Waals surface area (Å²) in [5.41, 5.74) is -1.28. The van der Waals surface area contributed by atoms with E-state index in [9.17, 15) is 14.4 Å². The second-order valence-corrected chi connectivity index (χ2v) is 7.70. The smallest absolute Gasteiger partial charge is 0.219 e. The zero-order valence-corrected chi connectivity index (χ0v) is 14.6. The highest BCUT2D eigenvalue weighted by atomic mass is 16.2. The first-order valence-corrected chi connectivity index (χ1v) is 8.13. The van der Waals surface area contributed by atoms with Gasteiger partial charge in [-0.3, -0.25) is 14.4 Å². The molecular weight excluding hydrogens is 280 g/mol. The van der Waals surface area contributed by atoms with Crippen LogP contribution < -0.4 is 0 Å². The molecule has 22 heavy (non-hydrogen) atoms. The average molecular weight is 308 g/mol. The monoisotopic (exact) mass is 308 g/mol. The first-order valence-electron chi connectivity index (χ1n) is 8.13. The van der Waals surface area contributed by atoms with Gasteiger partial charge in [-0.1, -0.05) is 27.7 Å². The van der Waals surface area contributed by atoms with Gasteiger partial charge in [0.05, 0.1) is 10.8 Å². The van der Waals surface area contributed by atoms with Gasteiger partial charge in [0.15, 0.2) is 5.78 Å². The van der Waals surface area contributed by atoms with Crippen LogP contribution in [0.2, 0.25) is 0 Å². The number of piperidine rings is 2. The standard InChI is InChI=1S/C17H28N2O3/c1-11(2)16-7-18(13(5)20)9-17(12(3)4,15(16)22)10-19(8-16)14(6)21/h11-12H,7-10H2,1-6H3. The van der Waals surface area contributed by atoms with Gasteiger partial charge in [-0.2, -0.15) is 0 Å². The van der Waals surface area contributed by atoms with Crippen LogP contribution in [0.4, 0.5) is 0 Å². The predicted molar refractivity (Wildman–Crippen MR) is 84.1 cm³/mol. The van der Waals surface area contributed by atoms with E-state index < -0.39 is 10.8 Å². The molecular formula is C17H28N2O3. The summed E-state index contributed by atoms with van der Waals surface area (Å²) >= 11 is 0. The molecule has 2 amide bonds. The summed E-state index contributed by atoms with van der Waals surface area (Å²) in [6, 6.07) is 0. The third kappa shape index (κ3) is 2.25. The Kier molecular flexibility index (Phi) is 4.13. The van der Waals surface area contributed by atoms with Gasteiger partial charge in [0.1, 0.15) is 0 Å². The van der Waals surface area contributed by atoms with Crippen LogP contribution in [0.15, 0.2) is 0 Å². The summed E-state index contributed by atoms with van der Waals surface area (Å²) in [6.45, 7) is 12.9. The minimum absolute atomic E-state index is 0.0128. The van der Waals surface area contributed by atoms with E-state index in [2.05, 4.69) is 0 Å². The zero-order valence-electron chi connectivity index (χ0n) is 14.6. The van der Waals surface area contributed by atoms with Crippen molar-refractivity contribution in [3.05, 3.63) is 0 Å². The van der Waals surface area contributed by atoms with E-state index in [1.807, 2.05) is 37.5 Å². The second-order valence-electron chi connectivity index (χ2n) is 7.70. The average Bonchev–Trinajstić information content (AvgIpc) is 2.37. The predicted octanol–water partition coefficient (Wildman–Crippen LogP) is 1.56. The molecule has 0 aromatic rings. The van der Waals surface area contributed by atoms with Crippen molar-refractivity contribution in [2.24, 2.45) is 22.7 Å². The summed E-state index contributed by atoms with van der Waals surface area (Å²) in [6.07, 6.45) is 0. The molecule has 2 aliphatic heterocycles. The van der Waals surface area contributed by atoms with Gasteiger partial charge >= 0.3 is 0 Å². The summed E-state index contributed by atoms with van der Waals surface area (Å²) < 4.78 is 0. The van der Waals surface area contributed by atoms with Crippen LogP contribution in [0.5, 0.6) is 0 Å². The topological polar surface area (TPSA) is 57.7 Å². The van der Waals surface area contributed by atoms with Crippen LogP contribution in [-0.4, -0.2) is 53.6 Å². The highest BCUT2D eigenvalue weighted by Gasteiger charge is 2.62. The van der Waals surface area contributed by atoms with E-state index >= 15 is 0 Å². The van der Waals surface area contributed by atoms with Gasteiger partial charge in [0, 0.05) is 40.0 Å². The van der Waals surface area contributed by atoms with Gasteiger partial charge in [0.2, 0.25) is 11.8 Å². The molecule has 2 bridgehead atoms. The quantitative estimate of drug-likeness (QED) is 0.778. The van der Waals surface area contributed by atoms with Crippen LogP contribution in [0.1, 0.15) is 41.5 Å². The number of Topliss-reactive ketones (excluding diaryl/α,β-unsaturated/α-hetero) is 1. The Morgan fingerprint density at radius 1 is 0.818 bits per heavy atom. The van der Waals surface area contributed by atoms with Crippen molar-refractivity contribution in [3.63, 3.8) is 0 Å². The fourth-order valence-corrected chi connectivity index (χ4v) is 4.06. The number of hydrogen-bond acceptors (Lipinski definition) is 3. The summed E-state index contributed by atoms with van der Waals surface area (Å²) in [5, 5.41) is 0. The highest BCUT2D eigenvalue weighted by Crippen LogP contribution is 2.50. The van der Waals surface area contributed by atoms with Gasteiger partial charge in [0.25, 0.3) is 0 Å². The Hall–Kier alpha value is -1.39. The molecule has 2 rings (SSSR count). The molecule has 0 aromatic heterocycles. The molecule has 0 unspecified atom stereocenters. The largest absolute Gasteiger partial charge is 0.341 e. The van der Waals surface area contributed by atoms with Crippen LogP contribution in [-0.2, 0) is 14.4 Å². The second kappa shape index (κ2) is 5.36. The molecule has 0 radical (unpaired) electrons. The normalized spacial score (nSPS) is 31.9. The zero-order chi connectivity index (χ0) is 16.9. The number of carbonyl (C=O) groups excluding carboxylic acids is 3. The molecule has 5 heteroatoms. The lowest BCUT2D eigenvalue weighted by atomic mass is 9.55. The number of ketones is 1. The summed E-state index contributed by atoms with van der Waals surface area (Å²) in [4.78, 5) is 41.1. The Bertz CT molecular complexity index is 454. The Labute approximate surface area is 133 Å². The number of likely N-dealkylation sites (tertiary alicyclic amines) is 2. The lowest BCUT2D eigenvalue weighted by Crippen LogP contribution is -2.73. The number of amides is 2. The Morgan fingerprint density at radius 2 is 1.09 bits per heavy atom. The Balaban J connectivity index is 2.59. The molecule has 2 aliphatic rings. The molecule has 2 fully saturated rings. The number of carbonyl (C=O) groups is 3. The van der Waals surface area contributed by atoms with Gasteiger partial charge < -0.3 is 9.80 Å². The Morgan fingerprint density at radius 3 is 1.27 bits per heavy atom. The first-order chi connectivity index (χ1) is 10.1. The van der Waals surface area contributed by atoms with Crippen molar-refractivity contribution >= 4 is 17.6 Å². The van der Waals surface area contributed by atoms with E-state index in [1.54, 1.807) is 13.8 Å².